The zero-order valence-electron chi connectivity index (χ0n) is 1.82. The van der Waals surface area contributed by atoms with Crippen molar-refractivity contribution < 1.29 is 9.13 Å². The molecule has 2 nitrogen and oxygen atoms in total. The molecule has 0 unspecified atom stereocenters. The van der Waals surface area contributed by atoms with Crippen LogP contribution in [0, 0.1) is 0 Å². The van der Waals surface area contributed by atoms with Crippen LogP contribution in [0.25, 0.3) is 0 Å². The van der Waals surface area contributed by atoms with Gasteiger partial charge in [-0.1, -0.05) is 0 Å². The molecule has 0 saturated carbocycles. The van der Waals surface area contributed by atoms with Crippen molar-refractivity contribution in [3.63, 3.8) is 0 Å². The van der Waals surface area contributed by atoms with Crippen molar-refractivity contribution in [3.05, 3.63) is 0 Å². The maximum atomic E-state index is 8.40. The SMILES string of the molecule is O=[PH]=O.[Sn]. The molecule has 0 amide bonds. The summed E-state index contributed by atoms with van der Waals surface area (Å²) in [5, 5.41) is 0. The summed E-state index contributed by atoms with van der Waals surface area (Å²) in [7, 11) is -1.42. The van der Waals surface area contributed by atoms with E-state index < -0.39 is 8.34 Å². The molecule has 0 saturated heterocycles. The van der Waals surface area contributed by atoms with Crippen LogP contribution in [-0.2, 0) is 9.13 Å². The molecule has 4 heteroatoms. The predicted molar refractivity (Wildman–Crippen MR) is 15.4 cm³/mol. The van der Waals surface area contributed by atoms with Crippen LogP contribution in [0.4, 0.5) is 0 Å². The maximum Gasteiger partial charge on any atom is 0.303 e. The van der Waals surface area contributed by atoms with Gasteiger partial charge in [0.15, 0.2) is 0 Å². The summed E-state index contributed by atoms with van der Waals surface area (Å²) in [6.07, 6.45) is 0. The van der Waals surface area contributed by atoms with Crippen molar-refractivity contribution in [1.29, 1.82) is 0 Å². The molecule has 22 valence electrons. The third-order valence-corrected chi connectivity index (χ3v) is 0. The van der Waals surface area contributed by atoms with Gasteiger partial charge in [-0.05, 0) is 0 Å². The first-order chi connectivity index (χ1) is 1.41. The standard InChI is InChI=1S/HO2P.Sn/c1-3-2;/h3H;. The quantitative estimate of drug-likeness (QED) is 0.390. The van der Waals surface area contributed by atoms with Gasteiger partial charge < -0.3 is 0 Å². The second-order valence-electron chi connectivity index (χ2n) is 0.0833. The average Bonchev–Trinajstić information content (AvgIpc) is 0.918. The van der Waals surface area contributed by atoms with Crippen LogP contribution in [-0.4, -0.2) is 23.9 Å². The molecule has 0 rings (SSSR count). The fourth-order valence-electron chi connectivity index (χ4n) is 0. The fourth-order valence-corrected chi connectivity index (χ4v) is 0. The van der Waals surface area contributed by atoms with Gasteiger partial charge in [-0.2, -0.15) is 0 Å². The van der Waals surface area contributed by atoms with E-state index in [9.17, 15) is 0 Å². The molecule has 0 aliphatic carbocycles. The van der Waals surface area contributed by atoms with Gasteiger partial charge in [0.05, 0.1) is 0 Å². The molecule has 0 atom stereocenters. The van der Waals surface area contributed by atoms with Gasteiger partial charge >= 0.3 is 8.34 Å². The Kier molecular flexibility index (Phi) is 20.6. The normalized spacial score (nSPS) is 3.00. The summed E-state index contributed by atoms with van der Waals surface area (Å²) >= 11 is 0. The van der Waals surface area contributed by atoms with Gasteiger partial charge in [-0.15, -0.1) is 0 Å². The predicted octanol–water partition coefficient (Wildman–Crippen LogP) is -0.0249. The minimum Gasteiger partial charge on any atom is -0.241 e. The van der Waals surface area contributed by atoms with E-state index in [1.165, 1.54) is 0 Å². The van der Waals surface area contributed by atoms with Crippen LogP contribution in [0.5, 0.6) is 0 Å². The first-order valence-corrected chi connectivity index (χ1v) is 1.22. The Labute approximate surface area is 41.8 Å². The van der Waals surface area contributed by atoms with Crippen molar-refractivity contribution >= 4 is 32.2 Å². The Morgan fingerprint density at radius 2 is 1.25 bits per heavy atom. The summed E-state index contributed by atoms with van der Waals surface area (Å²) in [5.41, 5.74) is 0. The Morgan fingerprint density at radius 3 is 1.25 bits per heavy atom. The largest absolute Gasteiger partial charge is 0.303 e. The molecule has 4 heavy (non-hydrogen) atoms. The van der Waals surface area contributed by atoms with Crippen LogP contribution in [0.1, 0.15) is 0 Å². The number of hydrogen-bond donors (Lipinski definition) is 0. The van der Waals surface area contributed by atoms with E-state index in [0.717, 1.165) is 0 Å². The van der Waals surface area contributed by atoms with Gasteiger partial charge in [0.25, 0.3) is 0 Å². The van der Waals surface area contributed by atoms with Crippen molar-refractivity contribution in [2.24, 2.45) is 0 Å². The second-order valence-corrected chi connectivity index (χ2v) is 0.250. The molecule has 0 fully saturated rings. The van der Waals surface area contributed by atoms with Gasteiger partial charge in [0, 0.05) is 23.9 Å². The molecule has 0 aliphatic rings. The first-order valence-electron chi connectivity index (χ1n) is 0.408. The molecule has 0 aromatic carbocycles. The molecular weight excluding hydrogens is 182 g/mol. The minimum atomic E-state index is -1.42. The summed E-state index contributed by atoms with van der Waals surface area (Å²) in [4.78, 5) is 0. The van der Waals surface area contributed by atoms with E-state index in [4.69, 9.17) is 9.13 Å². The summed E-state index contributed by atoms with van der Waals surface area (Å²) in [5.74, 6) is 0. The zero-order chi connectivity index (χ0) is 2.71. The Bertz CT molecular complexity index is 27.0. The molecule has 0 spiro atoms. The molecular formula is HO2PSn. The molecule has 0 bridgehead atoms. The summed E-state index contributed by atoms with van der Waals surface area (Å²) in [6.45, 7) is 0. The van der Waals surface area contributed by atoms with Gasteiger partial charge in [0.2, 0.25) is 0 Å². The Hall–Kier alpha value is 0.699. The van der Waals surface area contributed by atoms with Gasteiger partial charge in [-0.3, -0.25) is 0 Å². The fraction of sp³-hybridized carbons (Fsp3) is 0. The van der Waals surface area contributed by atoms with E-state index in [0.29, 0.717) is 0 Å². The van der Waals surface area contributed by atoms with Crippen molar-refractivity contribution in [1.82, 2.24) is 0 Å². The Balaban J connectivity index is 0. The van der Waals surface area contributed by atoms with E-state index in [-0.39, 0.29) is 23.9 Å². The molecule has 0 heterocycles. The number of rotatable bonds is 0. The van der Waals surface area contributed by atoms with E-state index in [1.807, 2.05) is 0 Å². The van der Waals surface area contributed by atoms with E-state index >= 15 is 0 Å². The first kappa shape index (κ1) is 8.83. The van der Waals surface area contributed by atoms with Crippen LogP contribution in [0.3, 0.4) is 0 Å². The molecule has 0 aliphatic heterocycles. The second kappa shape index (κ2) is 9.34. The van der Waals surface area contributed by atoms with Crippen LogP contribution >= 0.6 is 8.34 Å². The molecule has 0 aromatic heterocycles. The topological polar surface area (TPSA) is 34.1 Å². The van der Waals surface area contributed by atoms with Crippen LogP contribution in [0.2, 0.25) is 0 Å². The smallest absolute Gasteiger partial charge is 0.241 e. The van der Waals surface area contributed by atoms with Crippen molar-refractivity contribution in [3.8, 4) is 0 Å². The maximum absolute atomic E-state index is 8.40. The average molecular weight is 183 g/mol. The summed E-state index contributed by atoms with van der Waals surface area (Å²) in [6, 6.07) is 0. The van der Waals surface area contributed by atoms with E-state index in [1.54, 1.807) is 0 Å². The number of hydrogen-bond acceptors (Lipinski definition) is 2. The molecule has 4 radical (unpaired) electrons. The third kappa shape index (κ3) is 16.0. The Morgan fingerprint density at radius 1 is 1.25 bits per heavy atom. The summed E-state index contributed by atoms with van der Waals surface area (Å²) < 4.78 is 16.8. The third-order valence-electron chi connectivity index (χ3n) is 0. The van der Waals surface area contributed by atoms with Crippen molar-refractivity contribution in [2.75, 3.05) is 0 Å². The van der Waals surface area contributed by atoms with Gasteiger partial charge in [-0.25, -0.2) is 9.13 Å². The van der Waals surface area contributed by atoms with Crippen LogP contribution in [0.15, 0.2) is 0 Å². The minimum absolute atomic E-state index is 0. The van der Waals surface area contributed by atoms with E-state index in [2.05, 4.69) is 0 Å². The monoisotopic (exact) mass is 184 g/mol. The van der Waals surface area contributed by atoms with Crippen molar-refractivity contribution in [2.45, 2.75) is 0 Å². The van der Waals surface area contributed by atoms with Crippen LogP contribution < -0.4 is 0 Å². The zero-order valence-corrected chi connectivity index (χ0v) is 5.67. The molecule has 0 aromatic rings. The van der Waals surface area contributed by atoms with Gasteiger partial charge in [0.1, 0.15) is 0 Å². The molecule has 0 N–H and O–H groups in total.